The Morgan fingerprint density at radius 2 is 0.795 bits per heavy atom. The number of fused-ring (bicyclic) bond motifs is 4. The van der Waals surface area contributed by atoms with Crippen LogP contribution < -0.4 is 0 Å². The Hall–Kier alpha value is -5.20. The van der Waals surface area contributed by atoms with Crippen molar-refractivity contribution in [3.8, 4) is 33.4 Å². The molecule has 0 bridgehead atoms. The zero-order valence-electron chi connectivity index (χ0n) is 25.7. The van der Waals surface area contributed by atoms with Crippen molar-refractivity contribution in [1.29, 1.82) is 0 Å². The first-order chi connectivity index (χ1) is 21.5. The Morgan fingerprint density at radius 1 is 0.318 bits per heavy atom. The zero-order chi connectivity index (χ0) is 29.9. The van der Waals surface area contributed by atoms with E-state index in [9.17, 15) is 0 Å². The summed E-state index contributed by atoms with van der Waals surface area (Å²) in [5, 5.41) is 10.4. The highest BCUT2D eigenvalue weighted by atomic mass is 14.3. The minimum Gasteiger partial charge on any atom is -0.0622 e. The van der Waals surface area contributed by atoms with Gasteiger partial charge >= 0.3 is 0 Å². The van der Waals surface area contributed by atoms with Gasteiger partial charge in [0.15, 0.2) is 0 Å². The highest BCUT2D eigenvalue weighted by molar-refractivity contribution is 6.27. The minimum absolute atomic E-state index is 1.23. The molecule has 0 atom stereocenters. The van der Waals surface area contributed by atoms with Gasteiger partial charge < -0.3 is 0 Å². The number of hydrogen-bond donors (Lipinski definition) is 0. The van der Waals surface area contributed by atoms with Gasteiger partial charge in [-0.1, -0.05) is 127 Å². The predicted molar refractivity (Wildman–Crippen MR) is 192 cm³/mol. The molecule has 210 valence electrons. The molecular formula is C44H34. The molecule has 0 heteroatoms. The second kappa shape index (κ2) is 10.2. The lowest BCUT2D eigenvalue weighted by Gasteiger charge is -2.25. The quantitative estimate of drug-likeness (QED) is 0.188. The maximum absolute atomic E-state index is 2.44. The fourth-order valence-electron chi connectivity index (χ4n) is 7.43. The van der Waals surface area contributed by atoms with Crippen LogP contribution in [0.1, 0.15) is 22.3 Å². The smallest absolute Gasteiger partial charge is 0.00170 e. The van der Waals surface area contributed by atoms with Crippen molar-refractivity contribution in [2.24, 2.45) is 0 Å². The van der Waals surface area contributed by atoms with E-state index in [1.807, 2.05) is 0 Å². The van der Waals surface area contributed by atoms with Crippen molar-refractivity contribution in [1.82, 2.24) is 0 Å². The van der Waals surface area contributed by atoms with Gasteiger partial charge in [-0.25, -0.2) is 0 Å². The molecule has 0 fully saturated rings. The molecule has 0 nitrogen and oxygen atoms in total. The lowest BCUT2D eigenvalue weighted by molar-refractivity contribution is 1.25. The maximum atomic E-state index is 2.44. The van der Waals surface area contributed by atoms with Crippen molar-refractivity contribution in [3.63, 3.8) is 0 Å². The lowest BCUT2D eigenvalue weighted by Crippen LogP contribution is -2.00. The molecule has 0 aliphatic carbocycles. The van der Waals surface area contributed by atoms with Gasteiger partial charge in [0, 0.05) is 0 Å². The van der Waals surface area contributed by atoms with Crippen LogP contribution in [0.15, 0.2) is 133 Å². The van der Waals surface area contributed by atoms with E-state index in [2.05, 4.69) is 161 Å². The topological polar surface area (TPSA) is 0 Å². The summed E-state index contributed by atoms with van der Waals surface area (Å²) in [5.74, 6) is 0. The Bertz CT molecular complexity index is 2400. The third-order valence-corrected chi connectivity index (χ3v) is 9.97. The third-order valence-electron chi connectivity index (χ3n) is 9.97. The monoisotopic (exact) mass is 562 g/mol. The van der Waals surface area contributed by atoms with E-state index in [-0.39, 0.29) is 0 Å². The van der Waals surface area contributed by atoms with Crippen LogP contribution >= 0.6 is 0 Å². The third kappa shape index (κ3) is 3.91. The van der Waals surface area contributed by atoms with Crippen LogP contribution in [0.5, 0.6) is 0 Å². The molecule has 44 heavy (non-hydrogen) atoms. The Labute approximate surface area is 259 Å². The van der Waals surface area contributed by atoms with Crippen LogP contribution in [0, 0.1) is 27.7 Å². The van der Waals surface area contributed by atoms with Crippen molar-refractivity contribution in [3.05, 3.63) is 156 Å². The standard InChI is InChI=1S/C44H34/c1-27-28(2)30(4)42-41(29(27)3)43(37-22-12-18-32-16-8-10-20-35(32)37)39-25-24-34(31-14-6-5-7-15-31)26-40(39)44(42)38-23-13-19-33-17-9-11-21-36(33)38/h5-26H,1-4H3. The van der Waals surface area contributed by atoms with E-state index in [4.69, 9.17) is 0 Å². The van der Waals surface area contributed by atoms with Gasteiger partial charge in [-0.15, -0.1) is 0 Å². The van der Waals surface area contributed by atoms with Crippen LogP contribution in [0.3, 0.4) is 0 Å². The van der Waals surface area contributed by atoms with E-state index in [1.54, 1.807) is 0 Å². The van der Waals surface area contributed by atoms with Gasteiger partial charge in [0.2, 0.25) is 0 Å². The van der Waals surface area contributed by atoms with Crippen LogP contribution in [0.4, 0.5) is 0 Å². The maximum Gasteiger partial charge on any atom is -0.00170 e. The van der Waals surface area contributed by atoms with Gasteiger partial charge in [-0.2, -0.15) is 0 Å². The molecule has 0 aromatic heterocycles. The van der Waals surface area contributed by atoms with E-state index in [0.717, 1.165) is 0 Å². The van der Waals surface area contributed by atoms with Gasteiger partial charge in [0.1, 0.15) is 0 Å². The normalized spacial score (nSPS) is 11.6. The lowest BCUT2D eigenvalue weighted by atomic mass is 9.78. The molecule has 0 saturated carbocycles. The zero-order valence-corrected chi connectivity index (χ0v) is 25.7. The largest absolute Gasteiger partial charge is 0.0622 e. The summed E-state index contributed by atoms with van der Waals surface area (Å²) in [5.41, 5.74) is 13.2. The highest BCUT2D eigenvalue weighted by Crippen LogP contribution is 2.50. The van der Waals surface area contributed by atoms with Crippen LogP contribution in [-0.2, 0) is 0 Å². The molecule has 0 aliphatic heterocycles. The molecule has 0 unspecified atom stereocenters. The SMILES string of the molecule is Cc1c(C)c(C)c2c(-c3cccc4ccccc34)c3cc(-c4ccccc4)ccc3c(-c3cccc4ccccc34)c2c1C. The van der Waals surface area contributed by atoms with Crippen LogP contribution in [-0.4, -0.2) is 0 Å². The molecule has 0 heterocycles. The van der Waals surface area contributed by atoms with Gasteiger partial charge in [0.05, 0.1) is 0 Å². The highest BCUT2D eigenvalue weighted by Gasteiger charge is 2.24. The van der Waals surface area contributed by atoms with Gasteiger partial charge in [0.25, 0.3) is 0 Å². The van der Waals surface area contributed by atoms with Crippen LogP contribution in [0.2, 0.25) is 0 Å². The first-order valence-corrected chi connectivity index (χ1v) is 15.5. The number of hydrogen-bond acceptors (Lipinski definition) is 0. The molecular weight excluding hydrogens is 528 g/mol. The molecule has 0 N–H and O–H groups in total. The molecule has 8 aromatic carbocycles. The van der Waals surface area contributed by atoms with E-state index in [0.29, 0.717) is 0 Å². The number of aryl methyl sites for hydroxylation is 2. The van der Waals surface area contributed by atoms with E-state index in [1.165, 1.54) is 98.7 Å². The molecule has 0 amide bonds. The molecule has 8 rings (SSSR count). The predicted octanol–water partition coefficient (Wildman–Crippen LogP) is 12.5. The number of rotatable bonds is 3. The first-order valence-electron chi connectivity index (χ1n) is 15.5. The summed E-state index contributed by atoms with van der Waals surface area (Å²) in [6.45, 7) is 9.25. The Morgan fingerprint density at radius 3 is 1.36 bits per heavy atom. The fraction of sp³-hybridized carbons (Fsp3) is 0.0909. The summed E-state index contributed by atoms with van der Waals surface area (Å²) >= 11 is 0. The van der Waals surface area contributed by atoms with Crippen molar-refractivity contribution in [2.75, 3.05) is 0 Å². The molecule has 0 spiro atoms. The average Bonchev–Trinajstić information content (AvgIpc) is 3.08. The molecule has 0 saturated heterocycles. The second-order valence-corrected chi connectivity index (χ2v) is 12.2. The number of benzene rings is 8. The van der Waals surface area contributed by atoms with E-state index < -0.39 is 0 Å². The van der Waals surface area contributed by atoms with Crippen molar-refractivity contribution >= 4 is 43.1 Å². The molecule has 8 aromatic rings. The minimum atomic E-state index is 1.23. The Kier molecular flexibility index (Phi) is 6.13. The summed E-state index contributed by atoms with van der Waals surface area (Å²) in [4.78, 5) is 0. The summed E-state index contributed by atoms with van der Waals surface area (Å²) < 4.78 is 0. The van der Waals surface area contributed by atoms with E-state index >= 15 is 0 Å². The second-order valence-electron chi connectivity index (χ2n) is 12.2. The van der Waals surface area contributed by atoms with Gasteiger partial charge in [-0.05, 0) is 132 Å². The Balaban J connectivity index is 1.67. The van der Waals surface area contributed by atoms with Crippen LogP contribution in [0.25, 0.3) is 76.5 Å². The van der Waals surface area contributed by atoms with Crippen molar-refractivity contribution < 1.29 is 0 Å². The summed E-state index contributed by atoms with van der Waals surface area (Å²) in [7, 11) is 0. The first kappa shape index (κ1) is 26.4. The molecule has 0 aliphatic rings. The summed E-state index contributed by atoms with van der Waals surface area (Å²) in [6.07, 6.45) is 0. The average molecular weight is 563 g/mol. The summed E-state index contributed by atoms with van der Waals surface area (Å²) in [6, 6.07) is 49.1. The van der Waals surface area contributed by atoms with Gasteiger partial charge in [-0.3, -0.25) is 0 Å². The fourth-order valence-corrected chi connectivity index (χ4v) is 7.43. The van der Waals surface area contributed by atoms with Crippen molar-refractivity contribution in [2.45, 2.75) is 27.7 Å². The molecule has 0 radical (unpaired) electrons.